The van der Waals surface area contributed by atoms with E-state index in [-0.39, 0.29) is 10.6 Å². The molecule has 0 bridgehead atoms. The van der Waals surface area contributed by atoms with Crippen LogP contribution in [-0.2, 0) is 14.3 Å². The fourth-order valence-corrected chi connectivity index (χ4v) is 4.10. The molecule has 1 aliphatic rings. The Morgan fingerprint density at radius 3 is 2.62 bits per heavy atom. The van der Waals surface area contributed by atoms with Crippen LogP contribution in [0, 0.1) is 10.1 Å². The summed E-state index contributed by atoms with van der Waals surface area (Å²) in [4.78, 5) is 14.2. The van der Waals surface area contributed by atoms with Gasteiger partial charge in [-0.3, -0.25) is 19.3 Å². The molecule has 0 radical (unpaired) electrons. The number of aliphatic imine (C=N–C) groups is 1. The van der Waals surface area contributed by atoms with Crippen molar-refractivity contribution in [2.75, 3.05) is 6.54 Å². The number of hydrogen-bond donors (Lipinski definition) is 0. The van der Waals surface area contributed by atoms with E-state index in [9.17, 15) is 18.5 Å². The number of benzene rings is 1. The van der Waals surface area contributed by atoms with E-state index in [0.717, 1.165) is 30.7 Å². The Balaban J connectivity index is 1.75. The summed E-state index contributed by atoms with van der Waals surface area (Å²) < 4.78 is 29.8. The molecule has 0 aliphatic carbocycles. The molecule has 136 valence electrons. The summed E-state index contributed by atoms with van der Waals surface area (Å²) in [7, 11) is -4.09. The number of aromatic nitrogens is 2. The predicted octanol–water partition coefficient (Wildman–Crippen LogP) is 2.66. The van der Waals surface area contributed by atoms with Crippen LogP contribution < -0.4 is 0 Å². The molecule has 2 aromatic rings. The largest absolute Gasteiger partial charge is 0.297 e. The molecule has 0 saturated carbocycles. The molecule has 3 rings (SSSR count). The van der Waals surface area contributed by atoms with Gasteiger partial charge in [-0.1, -0.05) is 17.4 Å². The van der Waals surface area contributed by atoms with Crippen LogP contribution in [0.5, 0.6) is 0 Å². The number of non-ortho nitro benzene ring substituents is 1. The van der Waals surface area contributed by atoms with Crippen molar-refractivity contribution in [1.82, 2.24) is 10.2 Å². The second-order valence-electron chi connectivity index (χ2n) is 5.35. The van der Waals surface area contributed by atoms with E-state index in [2.05, 4.69) is 15.2 Å². The highest BCUT2D eigenvalue weighted by atomic mass is 32.2. The van der Waals surface area contributed by atoms with Gasteiger partial charge in [-0.2, -0.15) is 8.42 Å². The highest BCUT2D eigenvalue weighted by Crippen LogP contribution is 2.27. The van der Waals surface area contributed by atoms with Crippen LogP contribution in [-0.4, -0.2) is 35.8 Å². The van der Waals surface area contributed by atoms with Crippen molar-refractivity contribution < 1.29 is 17.5 Å². The van der Waals surface area contributed by atoms with Crippen LogP contribution in [0.3, 0.4) is 0 Å². The fraction of sp³-hybridized carbons (Fsp3) is 0.267. The maximum atomic E-state index is 12.3. The lowest BCUT2D eigenvalue weighted by molar-refractivity contribution is -0.384. The van der Waals surface area contributed by atoms with Crippen LogP contribution >= 0.6 is 11.3 Å². The summed E-state index contributed by atoms with van der Waals surface area (Å²) in [6, 6.07) is 4.48. The molecule has 1 atom stereocenters. The molecule has 0 amide bonds. The van der Waals surface area contributed by atoms with Crippen molar-refractivity contribution in [3.8, 4) is 0 Å². The van der Waals surface area contributed by atoms with Gasteiger partial charge in [0.1, 0.15) is 11.1 Å². The van der Waals surface area contributed by atoms with Gasteiger partial charge in [0.2, 0.25) is 0 Å². The van der Waals surface area contributed by atoms with Gasteiger partial charge in [0.05, 0.1) is 15.5 Å². The van der Waals surface area contributed by atoms with Crippen molar-refractivity contribution >= 4 is 32.9 Å². The van der Waals surface area contributed by atoms with Gasteiger partial charge in [0, 0.05) is 18.7 Å². The molecular formula is C15H14N4O5S2. The van der Waals surface area contributed by atoms with E-state index in [1.165, 1.54) is 11.3 Å². The molecule has 0 unspecified atom stereocenters. The number of nitro groups is 1. The number of hydrogen-bond acceptors (Lipinski definition) is 9. The minimum Gasteiger partial charge on any atom is -0.282 e. The minimum absolute atomic E-state index is 0.167. The fourth-order valence-electron chi connectivity index (χ4n) is 2.17. The highest BCUT2D eigenvalue weighted by Gasteiger charge is 2.24. The van der Waals surface area contributed by atoms with Crippen LogP contribution in [0.25, 0.3) is 0 Å². The summed E-state index contributed by atoms with van der Waals surface area (Å²) in [5, 5.41) is 19.7. The van der Waals surface area contributed by atoms with E-state index in [1.807, 2.05) is 12.2 Å². The first-order valence-corrected chi connectivity index (χ1v) is 9.82. The summed E-state index contributed by atoms with van der Waals surface area (Å²) >= 11 is 1.21. The number of dihydropyridines is 1. The Morgan fingerprint density at radius 1 is 1.27 bits per heavy atom. The first kappa shape index (κ1) is 18.3. The van der Waals surface area contributed by atoms with Crippen LogP contribution in [0.2, 0.25) is 0 Å². The Morgan fingerprint density at radius 2 is 2.00 bits per heavy atom. The van der Waals surface area contributed by atoms with Crippen molar-refractivity contribution in [1.29, 1.82) is 0 Å². The molecule has 0 N–H and O–H groups in total. The van der Waals surface area contributed by atoms with E-state index < -0.39 is 21.1 Å². The normalized spacial score (nSPS) is 15.5. The van der Waals surface area contributed by atoms with E-state index in [1.54, 1.807) is 6.92 Å². The number of nitro benzene ring substituents is 1. The lowest BCUT2D eigenvalue weighted by atomic mass is 10.2. The first-order valence-electron chi connectivity index (χ1n) is 7.59. The average molecular weight is 394 g/mol. The second-order valence-corrected chi connectivity index (χ2v) is 7.93. The maximum absolute atomic E-state index is 12.3. The smallest absolute Gasteiger partial charge is 0.282 e. The zero-order valence-corrected chi connectivity index (χ0v) is 15.2. The molecule has 0 saturated heterocycles. The average Bonchev–Trinajstić information content (AvgIpc) is 3.12. The third-order valence-corrected chi connectivity index (χ3v) is 5.97. The van der Waals surface area contributed by atoms with Crippen LogP contribution in [0.4, 0.5) is 5.69 Å². The summed E-state index contributed by atoms with van der Waals surface area (Å²) in [6.45, 7) is 2.23. The first-order chi connectivity index (χ1) is 12.4. The number of nitrogens with zero attached hydrogens (tertiary/aromatic N) is 4. The van der Waals surface area contributed by atoms with Gasteiger partial charge < -0.3 is 0 Å². The number of allylic oxidation sites excluding steroid dienone is 1. The molecule has 26 heavy (non-hydrogen) atoms. The minimum atomic E-state index is -4.09. The quantitative estimate of drug-likeness (QED) is 0.419. The van der Waals surface area contributed by atoms with Gasteiger partial charge in [0.25, 0.3) is 15.8 Å². The third kappa shape index (κ3) is 4.00. The van der Waals surface area contributed by atoms with E-state index in [4.69, 9.17) is 4.18 Å². The van der Waals surface area contributed by atoms with Crippen LogP contribution in [0.1, 0.15) is 29.5 Å². The zero-order chi connectivity index (χ0) is 18.7. The molecule has 1 aromatic heterocycles. The van der Waals surface area contributed by atoms with Gasteiger partial charge in [-0.05, 0) is 31.6 Å². The monoisotopic (exact) mass is 394 g/mol. The van der Waals surface area contributed by atoms with Gasteiger partial charge in [0.15, 0.2) is 5.01 Å². The molecule has 0 fully saturated rings. The second kappa shape index (κ2) is 7.40. The molecule has 1 aromatic carbocycles. The zero-order valence-electron chi connectivity index (χ0n) is 13.6. The topological polar surface area (TPSA) is 125 Å². The summed E-state index contributed by atoms with van der Waals surface area (Å²) in [5.41, 5.74) is 0.512. The molecular weight excluding hydrogens is 380 g/mol. The summed E-state index contributed by atoms with van der Waals surface area (Å²) in [5.74, 6) is 0. The van der Waals surface area contributed by atoms with Crippen molar-refractivity contribution in [3.63, 3.8) is 0 Å². The summed E-state index contributed by atoms with van der Waals surface area (Å²) in [6.07, 6.45) is 3.87. The van der Waals surface area contributed by atoms with Crippen molar-refractivity contribution in [3.05, 3.63) is 56.5 Å². The number of rotatable bonds is 6. The van der Waals surface area contributed by atoms with Gasteiger partial charge in [-0.25, -0.2) is 0 Å². The highest BCUT2D eigenvalue weighted by molar-refractivity contribution is 7.86. The Kier molecular flexibility index (Phi) is 5.20. The molecule has 11 heteroatoms. The van der Waals surface area contributed by atoms with E-state index in [0.29, 0.717) is 22.3 Å². The molecule has 2 heterocycles. The Labute approximate surface area is 153 Å². The Hall–Kier alpha value is -2.50. The molecule has 1 aliphatic heterocycles. The standard InChI is InChI=1S/C15H14N4O5S2/c1-10(14-17-18-15(25-14)13-4-2-3-9-16-13)24-26(22,23)12-7-5-11(6-8-12)19(20)21/h2,4-8,10H,3,9H2,1H3/t10-/m1/s1. The van der Waals surface area contributed by atoms with Gasteiger partial charge >= 0.3 is 0 Å². The molecule has 0 spiro atoms. The Bertz CT molecular complexity index is 980. The van der Waals surface area contributed by atoms with Crippen molar-refractivity contribution in [2.45, 2.75) is 24.3 Å². The lowest BCUT2D eigenvalue weighted by Crippen LogP contribution is -2.10. The third-order valence-electron chi connectivity index (χ3n) is 3.47. The van der Waals surface area contributed by atoms with E-state index >= 15 is 0 Å². The van der Waals surface area contributed by atoms with Crippen molar-refractivity contribution in [2.24, 2.45) is 4.99 Å². The SMILES string of the molecule is C[C@@H](OS(=O)(=O)c1ccc([N+](=O)[O-])cc1)c1nnc(C2=NCCC=C2)s1. The maximum Gasteiger partial charge on any atom is 0.297 e. The predicted molar refractivity (Wildman–Crippen MR) is 94.9 cm³/mol. The molecule has 9 nitrogen and oxygen atoms in total. The van der Waals surface area contributed by atoms with Crippen LogP contribution in [0.15, 0.2) is 46.3 Å². The van der Waals surface area contributed by atoms with Gasteiger partial charge in [-0.15, -0.1) is 10.2 Å². The lowest BCUT2D eigenvalue weighted by Gasteiger charge is -2.10.